The summed E-state index contributed by atoms with van der Waals surface area (Å²) in [6, 6.07) is 20.1. The van der Waals surface area contributed by atoms with E-state index in [9.17, 15) is 18.0 Å². The van der Waals surface area contributed by atoms with Crippen LogP contribution in [0.25, 0.3) is 0 Å². The standard InChI is InChI=1S/C36H45N5O6S/c1-24(2)22-41(48(44,45)33-14-12-32(46-6)13-15-33)17-16-31(18-27-10-8-7-9-11-27)39-35(42)28-19-29(21-30(37)20-28)36(43)40(5)23-34-25(3)47-26(4)38-34/h7-15,19-21,24,31H,16-18,22-23,37H2,1-6H3,(H,39,42). The average Bonchev–Trinajstić information content (AvgIpc) is 3.37. The molecule has 4 rings (SSSR count). The maximum Gasteiger partial charge on any atom is 0.254 e. The van der Waals surface area contributed by atoms with Gasteiger partial charge in [0.2, 0.25) is 10.0 Å². The van der Waals surface area contributed by atoms with E-state index in [0.717, 1.165) is 5.56 Å². The highest BCUT2D eigenvalue weighted by Crippen LogP contribution is 2.22. The normalized spacial score (nSPS) is 12.2. The predicted molar refractivity (Wildman–Crippen MR) is 185 cm³/mol. The average molecular weight is 676 g/mol. The van der Waals surface area contributed by atoms with Gasteiger partial charge in [0, 0.05) is 49.9 Å². The Bertz CT molecular complexity index is 1810. The Morgan fingerprint density at radius 2 is 1.67 bits per heavy atom. The lowest BCUT2D eigenvalue weighted by molar-refractivity contribution is 0.0783. The van der Waals surface area contributed by atoms with E-state index in [2.05, 4.69) is 10.3 Å². The number of rotatable bonds is 15. The molecule has 48 heavy (non-hydrogen) atoms. The molecule has 0 saturated heterocycles. The molecule has 0 aliphatic heterocycles. The number of nitrogens with zero attached hydrogens (tertiary/aromatic N) is 3. The van der Waals surface area contributed by atoms with Crippen LogP contribution < -0.4 is 15.8 Å². The van der Waals surface area contributed by atoms with E-state index in [-0.39, 0.29) is 46.6 Å². The Morgan fingerprint density at radius 1 is 1.00 bits per heavy atom. The number of nitrogens with two attached hydrogens (primary N) is 1. The molecule has 3 N–H and O–H groups in total. The van der Waals surface area contributed by atoms with Gasteiger partial charge in [-0.05, 0) is 73.7 Å². The number of anilines is 1. The van der Waals surface area contributed by atoms with Gasteiger partial charge in [0.25, 0.3) is 11.8 Å². The lowest BCUT2D eigenvalue weighted by atomic mass is 10.0. The van der Waals surface area contributed by atoms with Crippen LogP contribution in [0.2, 0.25) is 0 Å². The molecule has 1 aromatic heterocycles. The number of oxazole rings is 1. The van der Waals surface area contributed by atoms with Crippen molar-refractivity contribution in [3.8, 4) is 5.75 Å². The van der Waals surface area contributed by atoms with Gasteiger partial charge < -0.3 is 25.1 Å². The number of carbonyl (C=O) groups is 2. The Kier molecular flexibility index (Phi) is 12.0. The Hall–Kier alpha value is -4.68. The molecular formula is C36H45N5O6S. The van der Waals surface area contributed by atoms with Gasteiger partial charge in [0.05, 0.1) is 18.6 Å². The van der Waals surface area contributed by atoms with Crippen molar-refractivity contribution < 1.29 is 27.2 Å². The highest BCUT2D eigenvalue weighted by atomic mass is 32.2. The molecule has 0 aliphatic carbocycles. The van der Waals surface area contributed by atoms with Gasteiger partial charge in [-0.3, -0.25) is 9.59 Å². The molecule has 0 aliphatic rings. The lowest BCUT2D eigenvalue weighted by Crippen LogP contribution is -2.42. The van der Waals surface area contributed by atoms with Crippen LogP contribution in [0, 0.1) is 19.8 Å². The third-order valence-corrected chi connectivity index (χ3v) is 9.73. The van der Waals surface area contributed by atoms with Gasteiger partial charge in [-0.1, -0.05) is 44.2 Å². The first-order valence-corrected chi connectivity index (χ1v) is 17.3. The fourth-order valence-electron chi connectivity index (χ4n) is 5.45. The molecule has 2 amide bonds. The number of ether oxygens (including phenoxy) is 1. The summed E-state index contributed by atoms with van der Waals surface area (Å²) in [5, 5.41) is 3.09. The van der Waals surface area contributed by atoms with Crippen LogP contribution in [-0.2, 0) is 23.0 Å². The van der Waals surface area contributed by atoms with Gasteiger partial charge in [-0.15, -0.1) is 0 Å². The molecule has 0 radical (unpaired) electrons. The second-order valence-corrected chi connectivity index (χ2v) is 14.3. The minimum atomic E-state index is -3.83. The predicted octanol–water partition coefficient (Wildman–Crippen LogP) is 5.23. The summed E-state index contributed by atoms with van der Waals surface area (Å²) in [5.74, 6) is 1.03. The number of methoxy groups -OCH3 is 1. The number of sulfonamides is 1. The minimum Gasteiger partial charge on any atom is -0.497 e. The van der Waals surface area contributed by atoms with Crippen molar-refractivity contribution in [2.75, 3.05) is 33.0 Å². The second kappa shape index (κ2) is 15.9. The van der Waals surface area contributed by atoms with Crippen LogP contribution in [0.4, 0.5) is 5.69 Å². The number of nitrogens with one attached hydrogen (secondary N) is 1. The molecular weight excluding hydrogens is 630 g/mol. The van der Waals surface area contributed by atoms with Crippen LogP contribution in [-0.4, -0.2) is 67.7 Å². The number of hydrogen-bond acceptors (Lipinski definition) is 8. The summed E-state index contributed by atoms with van der Waals surface area (Å²) in [5.41, 5.74) is 8.56. The zero-order chi connectivity index (χ0) is 35.0. The third kappa shape index (κ3) is 9.45. The van der Waals surface area contributed by atoms with E-state index in [1.807, 2.05) is 44.2 Å². The van der Waals surface area contributed by atoms with Crippen LogP contribution >= 0.6 is 0 Å². The second-order valence-electron chi connectivity index (χ2n) is 12.3. The molecule has 0 spiro atoms. The molecule has 11 nitrogen and oxygen atoms in total. The first kappa shape index (κ1) is 36.2. The van der Waals surface area contributed by atoms with E-state index < -0.39 is 22.0 Å². The summed E-state index contributed by atoms with van der Waals surface area (Å²) in [6.07, 6.45) is 0.814. The minimum absolute atomic E-state index is 0.0683. The maximum absolute atomic E-state index is 13.7. The van der Waals surface area contributed by atoms with Crippen molar-refractivity contribution in [1.82, 2.24) is 19.5 Å². The summed E-state index contributed by atoms with van der Waals surface area (Å²) in [4.78, 5) is 33.1. The van der Waals surface area contributed by atoms with Crippen molar-refractivity contribution in [3.05, 3.63) is 107 Å². The highest BCUT2D eigenvalue weighted by molar-refractivity contribution is 7.89. The molecule has 1 heterocycles. The molecule has 0 fully saturated rings. The van der Waals surface area contributed by atoms with Gasteiger partial charge >= 0.3 is 0 Å². The highest BCUT2D eigenvalue weighted by Gasteiger charge is 2.27. The number of amides is 2. The number of aryl methyl sites for hydroxylation is 2. The molecule has 0 saturated carbocycles. The van der Waals surface area contributed by atoms with Gasteiger partial charge in [0.15, 0.2) is 5.89 Å². The van der Waals surface area contributed by atoms with Gasteiger partial charge in [-0.25, -0.2) is 13.4 Å². The fourth-order valence-corrected chi connectivity index (χ4v) is 7.07. The lowest BCUT2D eigenvalue weighted by Gasteiger charge is -2.27. The van der Waals surface area contributed by atoms with Crippen LogP contribution in [0.3, 0.4) is 0 Å². The SMILES string of the molecule is COc1ccc(S(=O)(=O)N(CCC(Cc2ccccc2)NC(=O)c2cc(N)cc(C(=O)N(C)Cc3nc(C)oc3C)c2)CC(C)C)cc1. The summed E-state index contributed by atoms with van der Waals surface area (Å²) >= 11 is 0. The van der Waals surface area contributed by atoms with Crippen molar-refractivity contribution in [2.45, 2.75) is 58.0 Å². The zero-order valence-electron chi connectivity index (χ0n) is 28.4. The molecule has 0 bridgehead atoms. The molecule has 1 unspecified atom stereocenters. The van der Waals surface area contributed by atoms with E-state index in [0.29, 0.717) is 42.5 Å². The van der Waals surface area contributed by atoms with Crippen molar-refractivity contribution in [2.24, 2.45) is 5.92 Å². The van der Waals surface area contributed by atoms with E-state index in [1.54, 1.807) is 33.0 Å². The first-order chi connectivity index (χ1) is 22.8. The van der Waals surface area contributed by atoms with Crippen molar-refractivity contribution in [1.29, 1.82) is 0 Å². The van der Waals surface area contributed by atoms with Gasteiger partial charge in [0.1, 0.15) is 17.2 Å². The van der Waals surface area contributed by atoms with Crippen LogP contribution in [0.1, 0.15) is 63.9 Å². The van der Waals surface area contributed by atoms with Crippen molar-refractivity contribution >= 4 is 27.5 Å². The van der Waals surface area contributed by atoms with E-state index in [4.69, 9.17) is 14.9 Å². The maximum atomic E-state index is 13.7. The number of carbonyl (C=O) groups excluding carboxylic acids is 2. The number of nitrogen functional groups attached to an aromatic ring is 1. The quantitative estimate of drug-likeness (QED) is 0.163. The number of aromatic nitrogens is 1. The Balaban J connectivity index is 1.55. The van der Waals surface area contributed by atoms with Gasteiger partial charge in [-0.2, -0.15) is 4.31 Å². The smallest absolute Gasteiger partial charge is 0.254 e. The zero-order valence-corrected chi connectivity index (χ0v) is 29.2. The number of hydrogen-bond donors (Lipinski definition) is 2. The number of benzene rings is 3. The molecule has 4 aromatic rings. The van der Waals surface area contributed by atoms with Crippen LogP contribution in [0.5, 0.6) is 5.75 Å². The molecule has 1 atom stereocenters. The Labute approximate surface area is 283 Å². The summed E-state index contributed by atoms with van der Waals surface area (Å²) in [6.45, 7) is 8.17. The molecule has 12 heteroatoms. The first-order valence-electron chi connectivity index (χ1n) is 15.8. The fraction of sp³-hybridized carbons (Fsp3) is 0.361. The third-order valence-electron chi connectivity index (χ3n) is 7.85. The molecule has 256 valence electrons. The van der Waals surface area contributed by atoms with Crippen LogP contribution in [0.15, 0.2) is 82.1 Å². The Morgan fingerprint density at radius 3 is 2.27 bits per heavy atom. The molecule has 3 aromatic carbocycles. The van der Waals surface area contributed by atoms with Crippen molar-refractivity contribution in [3.63, 3.8) is 0 Å². The summed E-state index contributed by atoms with van der Waals surface area (Å²) < 4.78 is 39.7. The largest absolute Gasteiger partial charge is 0.497 e. The summed E-state index contributed by atoms with van der Waals surface area (Å²) in [7, 11) is -0.654. The topological polar surface area (TPSA) is 148 Å². The van der Waals surface area contributed by atoms with E-state index in [1.165, 1.54) is 46.6 Å². The monoisotopic (exact) mass is 675 g/mol. The van der Waals surface area contributed by atoms with E-state index >= 15 is 0 Å².